The summed E-state index contributed by atoms with van der Waals surface area (Å²) in [5, 5.41) is 0. The first-order chi connectivity index (χ1) is 9.45. The quantitative estimate of drug-likeness (QED) is 0.522. The van der Waals surface area contributed by atoms with Crippen LogP contribution >= 0.6 is 31.9 Å². The third kappa shape index (κ3) is 4.20. The van der Waals surface area contributed by atoms with Gasteiger partial charge in [0, 0.05) is 4.47 Å². The molecule has 1 unspecified atom stereocenters. The highest BCUT2D eigenvalue weighted by Crippen LogP contribution is 2.33. The van der Waals surface area contributed by atoms with Crippen molar-refractivity contribution in [1.29, 1.82) is 0 Å². The Balaban J connectivity index is 2.22. The molecule has 2 aromatic rings. The first-order valence-corrected chi connectivity index (χ1v) is 8.66. The van der Waals surface area contributed by atoms with E-state index >= 15 is 0 Å². The number of halogens is 2. The van der Waals surface area contributed by atoms with Crippen LogP contribution in [0.3, 0.4) is 0 Å². The van der Waals surface area contributed by atoms with E-state index in [4.69, 9.17) is 0 Å². The molecule has 0 aliphatic heterocycles. The van der Waals surface area contributed by atoms with Gasteiger partial charge in [0.25, 0.3) is 0 Å². The molecule has 1 atom stereocenters. The summed E-state index contributed by atoms with van der Waals surface area (Å²) in [5.74, 6) is 0.702. The van der Waals surface area contributed by atoms with E-state index in [1.807, 2.05) is 0 Å². The molecule has 0 N–H and O–H groups in total. The van der Waals surface area contributed by atoms with E-state index in [0.717, 1.165) is 10.9 Å². The van der Waals surface area contributed by atoms with Gasteiger partial charge in [0.05, 0.1) is 4.83 Å². The van der Waals surface area contributed by atoms with E-state index in [-0.39, 0.29) is 4.83 Å². The van der Waals surface area contributed by atoms with E-state index in [0.29, 0.717) is 5.92 Å². The maximum atomic E-state index is 3.82. The summed E-state index contributed by atoms with van der Waals surface area (Å²) >= 11 is 7.39. The van der Waals surface area contributed by atoms with Crippen molar-refractivity contribution in [2.45, 2.75) is 32.0 Å². The smallest absolute Gasteiger partial charge is 0.0645 e. The molecule has 0 heterocycles. The Labute approximate surface area is 138 Å². The van der Waals surface area contributed by atoms with Gasteiger partial charge in [-0.05, 0) is 53.6 Å². The Morgan fingerprint density at radius 2 is 1.60 bits per heavy atom. The van der Waals surface area contributed by atoms with E-state index in [9.17, 15) is 0 Å². The van der Waals surface area contributed by atoms with Crippen molar-refractivity contribution in [3.8, 4) is 0 Å². The normalized spacial score (nSPS) is 12.7. The monoisotopic (exact) mass is 394 g/mol. The second-order valence-corrected chi connectivity index (χ2v) is 7.60. The van der Waals surface area contributed by atoms with E-state index in [1.54, 1.807) is 0 Å². The van der Waals surface area contributed by atoms with Crippen molar-refractivity contribution in [1.82, 2.24) is 0 Å². The molecule has 0 saturated carbocycles. The predicted molar refractivity (Wildman–Crippen MR) is 94.6 cm³/mol. The van der Waals surface area contributed by atoms with Gasteiger partial charge in [0.15, 0.2) is 0 Å². The fourth-order valence-corrected chi connectivity index (χ4v) is 3.59. The van der Waals surface area contributed by atoms with Gasteiger partial charge >= 0.3 is 0 Å². The van der Waals surface area contributed by atoms with E-state index in [1.165, 1.54) is 22.3 Å². The number of rotatable bonds is 4. The molecule has 0 nitrogen and oxygen atoms in total. The summed E-state index contributed by atoms with van der Waals surface area (Å²) in [4.78, 5) is 0.242. The second-order valence-electron chi connectivity index (χ2n) is 5.76. The molecule has 106 valence electrons. The van der Waals surface area contributed by atoms with Crippen LogP contribution in [0.5, 0.6) is 0 Å². The Bertz CT molecular complexity index is 550. The average molecular weight is 396 g/mol. The Morgan fingerprint density at radius 1 is 0.950 bits per heavy atom. The van der Waals surface area contributed by atoms with Gasteiger partial charge in [-0.15, -0.1) is 0 Å². The minimum Gasteiger partial charge on any atom is -0.0786 e. The minimum absolute atomic E-state index is 0.242. The van der Waals surface area contributed by atoms with Crippen LogP contribution in [-0.2, 0) is 6.42 Å². The number of hydrogen-bond donors (Lipinski definition) is 0. The summed E-state index contributed by atoms with van der Waals surface area (Å²) in [6.07, 6.45) is 1.14. The van der Waals surface area contributed by atoms with Crippen molar-refractivity contribution in [2.24, 2.45) is 5.92 Å². The molecule has 0 amide bonds. The van der Waals surface area contributed by atoms with Crippen molar-refractivity contribution in [3.63, 3.8) is 0 Å². The summed E-state index contributed by atoms with van der Waals surface area (Å²) in [5.41, 5.74) is 5.27. The van der Waals surface area contributed by atoms with Gasteiger partial charge < -0.3 is 0 Å². The molecule has 0 radical (unpaired) electrons. The van der Waals surface area contributed by atoms with Crippen LogP contribution in [-0.4, -0.2) is 0 Å². The zero-order valence-electron chi connectivity index (χ0n) is 12.2. The molecule has 20 heavy (non-hydrogen) atoms. The van der Waals surface area contributed by atoms with Crippen LogP contribution in [0.15, 0.2) is 46.9 Å². The molecule has 0 bridgehead atoms. The molecule has 0 aliphatic rings. The van der Waals surface area contributed by atoms with Crippen molar-refractivity contribution >= 4 is 31.9 Å². The van der Waals surface area contributed by atoms with Gasteiger partial charge in [-0.25, -0.2) is 0 Å². The van der Waals surface area contributed by atoms with Gasteiger partial charge in [0.1, 0.15) is 0 Å². The van der Waals surface area contributed by atoms with Crippen LogP contribution in [0, 0.1) is 12.8 Å². The zero-order chi connectivity index (χ0) is 14.7. The molecule has 0 aromatic heterocycles. The predicted octanol–water partition coefficient (Wildman–Crippen LogP) is 6.44. The first-order valence-electron chi connectivity index (χ1n) is 6.95. The number of alkyl halides is 1. The molecule has 0 aliphatic carbocycles. The molecule has 2 heteroatoms. The topological polar surface area (TPSA) is 0 Å². The molecular formula is C18H20Br2. The minimum atomic E-state index is 0.242. The number of hydrogen-bond acceptors (Lipinski definition) is 0. The van der Waals surface area contributed by atoms with E-state index < -0.39 is 0 Å². The Morgan fingerprint density at radius 3 is 2.15 bits per heavy atom. The lowest BCUT2D eigenvalue weighted by Crippen LogP contribution is -1.97. The third-order valence-electron chi connectivity index (χ3n) is 3.27. The summed E-state index contributed by atoms with van der Waals surface area (Å²) in [7, 11) is 0. The number of aryl methyl sites for hydroxylation is 1. The number of benzene rings is 2. The van der Waals surface area contributed by atoms with Crippen LogP contribution < -0.4 is 0 Å². The lowest BCUT2D eigenvalue weighted by atomic mass is 9.98. The fourth-order valence-electron chi connectivity index (χ4n) is 2.40. The largest absolute Gasteiger partial charge is 0.0786 e. The maximum Gasteiger partial charge on any atom is 0.0645 e. The van der Waals surface area contributed by atoms with Crippen molar-refractivity contribution in [2.75, 3.05) is 0 Å². The van der Waals surface area contributed by atoms with Gasteiger partial charge in [-0.3, -0.25) is 0 Å². The molecule has 2 rings (SSSR count). The van der Waals surface area contributed by atoms with Crippen LogP contribution in [0.2, 0.25) is 0 Å². The molecule has 2 aromatic carbocycles. The highest BCUT2D eigenvalue weighted by atomic mass is 79.9. The molecule has 0 saturated heterocycles. The van der Waals surface area contributed by atoms with Crippen LogP contribution in [0.25, 0.3) is 0 Å². The third-order valence-corrected chi connectivity index (χ3v) is 4.79. The highest BCUT2D eigenvalue weighted by Gasteiger charge is 2.11. The Hall–Kier alpha value is -0.600. The van der Waals surface area contributed by atoms with E-state index in [2.05, 4.69) is 95.1 Å². The SMILES string of the molecule is Cc1cc(Br)cc(C(Br)c2ccc(CC(C)C)cc2)c1. The lowest BCUT2D eigenvalue weighted by molar-refractivity contribution is 0.647. The Kier molecular flexibility index (Phi) is 5.45. The molecule has 0 fully saturated rings. The second kappa shape index (κ2) is 6.91. The van der Waals surface area contributed by atoms with Gasteiger partial charge in [0.2, 0.25) is 0 Å². The first kappa shape index (κ1) is 15.8. The summed E-state index contributed by atoms with van der Waals surface area (Å²) in [6, 6.07) is 15.5. The lowest BCUT2D eigenvalue weighted by Gasteiger charge is -2.13. The summed E-state index contributed by atoms with van der Waals surface area (Å²) in [6.45, 7) is 6.64. The zero-order valence-corrected chi connectivity index (χ0v) is 15.3. The van der Waals surface area contributed by atoms with Gasteiger partial charge in [-0.1, -0.05) is 76.0 Å². The fraction of sp³-hybridized carbons (Fsp3) is 0.333. The van der Waals surface area contributed by atoms with Crippen LogP contribution in [0.4, 0.5) is 0 Å². The van der Waals surface area contributed by atoms with Crippen LogP contribution in [0.1, 0.15) is 40.9 Å². The average Bonchev–Trinajstić information content (AvgIpc) is 2.37. The standard InChI is InChI=1S/C18H20Br2/c1-12(2)8-14-4-6-15(7-5-14)18(20)16-9-13(3)10-17(19)11-16/h4-7,9-12,18H,8H2,1-3H3. The summed E-state index contributed by atoms with van der Waals surface area (Å²) < 4.78 is 1.13. The van der Waals surface area contributed by atoms with Crippen molar-refractivity contribution in [3.05, 3.63) is 69.2 Å². The molecular weight excluding hydrogens is 376 g/mol. The maximum absolute atomic E-state index is 3.82. The molecule has 0 spiro atoms. The van der Waals surface area contributed by atoms with Gasteiger partial charge in [-0.2, -0.15) is 0 Å². The van der Waals surface area contributed by atoms with Crippen molar-refractivity contribution < 1.29 is 0 Å². The highest BCUT2D eigenvalue weighted by molar-refractivity contribution is 9.10.